The van der Waals surface area contributed by atoms with Gasteiger partial charge in [-0.15, -0.1) is 11.3 Å². The zero-order chi connectivity index (χ0) is 22.5. The summed E-state index contributed by atoms with van der Waals surface area (Å²) in [6.45, 7) is 0. The lowest BCUT2D eigenvalue weighted by Crippen LogP contribution is -2.40. The molecule has 160 valence electrons. The molecule has 2 heterocycles. The van der Waals surface area contributed by atoms with Gasteiger partial charge in [-0.25, -0.2) is 10.5 Å². The molecular weight excluding hydrogens is 494 g/mol. The number of nitrogens with one attached hydrogen (secondary N) is 3. The van der Waals surface area contributed by atoms with E-state index >= 15 is 0 Å². The summed E-state index contributed by atoms with van der Waals surface area (Å²) < 4.78 is 0.909. The van der Waals surface area contributed by atoms with Crippen LogP contribution in [0.2, 0.25) is 0 Å². The van der Waals surface area contributed by atoms with Crippen LogP contribution in [0.5, 0.6) is 0 Å². The Bertz CT molecular complexity index is 1370. The number of rotatable bonds is 6. The zero-order valence-corrected chi connectivity index (χ0v) is 18.8. The monoisotopic (exact) mass is 509 g/mol. The summed E-state index contributed by atoms with van der Waals surface area (Å²) in [5.41, 5.74) is 2.65. The lowest BCUT2D eigenvalue weighted by molar-refractivity contribution is -0.123. The van der Waals surface area contributed by atoms with Crippen LogP contribution in [0.3, 0.4) is 0 Å². The summed E-state index contributed by atoms with van der Waals surface area (Å²) >= 11 is 4.81. The molecule has 4 rings (SSSR count). The largest absolute Gasteiger partial charge is 0.335 e. The van der Waals surface area contributed by atoms with E-state index in [0.29, 0.717) is 16.3 Å². The van der Waals surface area contributed by atoms with E-state index in [1.807, 2.05) is 11.4 Å². The second-order valence-electron chi connectivity index (χ2n) is 6.66. The van der Waals surface area contributed by atoms with Crippen LogP contribution in [-0.2, 0) is 4.79 Å². The van der Waals surface area contributed by atoms with Gasteiger partial charge in [0.1, 0.15) is 5.69 Å². The van der Waals surface area contributed by atoms with Crippen LogP contribution >= 0.6 is 27.3 Å². The predicted molar refractivity (Wildman–Crippen MR) is 127 cm³/mol. The summed E-state index contributed by atoms with van der Waals surface area (Å²) in [6.07, 6.45) is 1.50. The SMILES string of the molecule is O=C(NC(C(=O)N/N=C\c1cc(Br)cs1)c1n[nH]c(=O)c2ccccc12)c1ccccc1. The molecule has 32 heavy (non-hydrogen) atoms. The molecule has 0 fully saturated rings. The third-order valence-electron chi connectivity index (χ3n) is 4.53. The topological polar surface area (TPSA) is 116 Å². The van der Waals surface area contributed by atoms with E-state index in [4.69, 9.17) is 0 Å². The average molecular weight is 510 g/mol. The Morgan fingerprint density at radius 2 is 1.81 bits per heavy atom. The smallest absolute Gasteiger partial charge is 0.272 e. The highest BCUT2D eigenvalue weighted by atomic mass is 79.9. The van der Waals surface area contributed by atoms with Gasteiger partial charge in [-0.1, -0.05) is 36.4 Å². The summed E-state index contributed by atoms with van der Waals surface area (Å²) in [7, 11) is 0. The highest BCUT2D eigenvalue weighted by Gasteiger charge is 2.27. The first kappa shape index (κ1) is 21.6. The fourth-order valence-corrected chi connectivity index (χ4v) is 4.34. The Hall–Kier alpha value is -3.63. The molecular formula is C22H16BrN5O3S. The van der Waals surface area contributed by atoms with E-state index in [1.54, 1.807) is 54.6 Å². The number of hydrogen-bond acceptors (Lipinski definition) is 6. The van der Waals surface area contributed by atoms with Crippen LogP contribution in [0.15, 0.2) is 80.4 Å². The van der Waals surface area contributed by atoms with E-state index in [0.717, 1.165) is 9.35 Å². The molecule has 1 atom stereocenters. The van der Waals surface area contributed by atoms with Gasteiger partial charge in [-0.3, -0.25) is 14.4 Å². The average Bonchev–Trinajstić information content (AvgIpc) is 3.23. The summed E-state index contributed by atoms with van der Waals surface area (Å²) in [5.74, 6) is -1.07. The molecule has 0 saturated heterocycles. The number of fused-ring (bicyclic) bond motifs is 1. The number of aromatic nitrogens is 2. The van der Waals surface area contributed by atoms with Gasteiger partial charge >= 0.3 is 0 Å². The molecule has 8 nitrogen and oxygen atoms in total. The van der Waals surface area contributed by atoms with E-state index in [-0.39, 0.29) is 11.3 Å². The number of hydrogen-bond donors (Lipinski definition) is 3. The van der Waals surface area contributed by atoms with E-state index in [1.165, 1.54) is 17.6 Å². The quantitative estimate of drug-likeness (QED) is 0.273. The maximum Gasteiger partial charge on any atom is 0.272 e. The summed E-state index contributed by atoms with van der Waals surface area (Å²) in [4.78, 5) is 38.9. The standard InChI is InChI=1S/C22H16BrN5O3S/c23-14-10-15(32-12-14)11-24-27-22(31)19(25-20(29)13-6-2-1-3-7-13)18-16-8-4-5-9-17(16)21(30)28-26-18/h1-12,19H,(H,25,29)(H,27,31)(H,28,30)/b24-11-. The van der Waals surface area contributed by atoms with Crippen molar-refractivity contribution >= 4 is 56.1 Å². The van der Waals surface area contributed by atoms with Gasteiger partial charge in [-0.2, -0.15) is 10.2 Å². The van der Waals surface area contributed by atoms with Gasteiger partial charge in [0.15, 0.2) is 6.04 Å². The molecule has 0 aliphatic rings. The highest BCUT2D eigenvalue weighted by molar-refractivity contribution is 9.10. The lowest BCUT2D eigenvalue weighted by Gasteiger charge is -2.18. The summed E-state index contributed by atoms with van der Waals surface area (Å²) in [6, 6.07) is 15.9. The fourth-order valence-electron chi connectivity index (χ4n) is 3.04. The van der Waals surface area contributed by atoms with Gasteiger partial charge in [0.05, 0.1) is 11.6 Å². The third kappa shape index (κ3) is 4.82. The van der Waals surface area contributed by atoms with Crippen molar-refractivity contribution in [1.29, 1.82) is 0 Å². The highest BCUT2D eigenvalue weighted by Crippen LogP contribution is 2.21. The number of benzene rings is 2. The lowest BCUT2D eigenvalue weighted by atomic mass is 10.0. The minimum Gasteiger partial charge on any atom is -0.335 e. The van der Waals surface area contributed by atoms with Crippen molar-refractivity contribution in [1.82, 2.24) is 20.9 Å². The number of halogens is 1. The van der Waals surface area contributed by atoms with Gasteiger partial charge in [0.2, 0.25) is 0 Å². The second-order valence-corrected chi connectivity index (χ2v) is 8.52. The van der Waals surface area contributed by atoms with Crippen molar-refractivity contribution in [2.45, 2.75) is 6.04 Å². The first-order valence-corrected chi connectivity index (χ1v) is 11.1. The number of carbonyl (C=O) groups is 2. The second kappa shape index (κ2) is 9.67. The number of hydrazone groups is 1. The molecule has 2 aromatic heterocycles. The van der Waals surface area contributed by atoms with Crippen LogP contribution in [-0.4, -0.2) is 28.2 Å². The van der Waals surface area contributed by atoms with Gasteiger partial charge < -0.3 is 5.32 Å². The Morgan fingerprint density at radius 3 is 2.53 bits per heavy atom. The van der Waals surface area contributed by atoms with E-state index in [2.05, 4.69) is 42.0 Å². The molecule has 0 aliphatic heterocycles. The molecule has 0 aliphatic carbocycles. The molecule has 10 heteroatoms. The number of nitrogens with zero attached hydrogens (tertiary/aromatic N) is 2. The van der Waals surface area contributed by atoms with Crippen molar-refractivity contribution < 1.29 is 9.59 Å². The number of amides is 2. The Labute approximate surface area is 194 Å². The van der Waals surface area contributed by atoms with Crippen molar-refractivity contribution in [2.24, 2.45) is 5.10 Å². The van der Waals surface area contributed by atoms with Gasteiger partial charge in [0, 0.05) is 25.7 Å². The van der Waals surface area contributed by atoms with Gasteiger partial charge in [-0.05, 0) is 40.2 Å². The van der Waals surface area contributed by atoms with Crippen LogP contribution in [0.1, 0.15) is 27.0 Å². The molecule has 0 spiro atoms. The molecule has 1 unspecified atom stereocenters. The molecule has 2 amide bonds. The maximum atomic E-state index is 13.1. The Morgan fingerprint density at radius 1 is 1.09 bits per heavy atom. The number of carbonyl (C=O) groups excluding carboxylic acids is 2. The zero-order valence-electron chi connectivity index (χ0n) is 16.4. The van der Waals surface area contributed by atoms with Crippen molar-refractivity contribution in [3.05, 3.63) is 97.0 Å². The molecule has 0 saturated carbocycles. The van der Waals surface area contributed by atoms with Crippen LogP contribution < -0.4 is 16.3 Å². The van der Waals surface area contributed by atoms with E-state index < -0.39 is 17.9 Å². The Kier molecular flexibility index (Phi) is 6.52. The van der Waals surface area contributed by atoms with Crippen molar-refractivity contribution in [2.75, 3.05) is 0 Å². The van der Waals surface area contributed by atoms with E-state index in [9.17, 15) is 14.4 Å². The first-order chi connectivity index (χ1) is 15.5. The van der Waals surface area contributed by atoms with Gasteiger partial charge in [0.25, 0.3) is 17.4 Å². The van der Waals surface area contributed by atoms with Crippen molar-refractivity contribution in [3.8, 4) is 0 Å². The Balaban J connectivity index is 1.67. The molecule has 4 aromatic rings. The normalized spacial score (nSPS) is 12.0. The minimum atomic E-state index is -1.20. The number of thiophene rings is 1. The predicted octanol–water partition coefficient (Wildman–Crippen LogP) is 3.37. The number of H-pyrrole nitrogens is 1. The summed E-state index contributed by atoms with van der Waals surface area (Å²) in [5, 5.41) is 15.9. The van der Waals surface area contributed by atoms with Crippen LogP contribution in [0.25, 0.3) is 10.8 Å². The third-order valence-corrected chi connectivity index (χ3v) is 6.15. The fraction of sp³-hybridized carbons (Fsp3) is 0.0455. The molecule has 2 aromatic carbocycles. The molecule has 0 bridgehead atoms. The van der Waals surface area contributed by atoms with Crippen LogP contribution in [0, 0.1) is 0 Å². The van der Waals surface area contributed by atoms with Crippen LogP contribution in [0.4, 0.5) is 0 Å². The maximum absolute atomic E-state index is 13.1. The van der Waals surface area contributed by atoms with Crippen molar-refractivity contribution in [3.63, 3.8) is 0 Å². The minimum absolute atomic E-state index is 0.205. The first-order valence-electron chi connectivity index (χ1n) is 9.43. The number of aromatic amines is 1. The molecule has 3 N–H and O–H groups in total. The molecule has 0 radical (unpaired) electrons.